The standard InChI is InChI=1S/C21H18N4O6S/c1-31-10-9-23-16-6-5-15(25(29)30)12-17(16)32-21(23)22-20(28)13-3-2-4-14(11-13)24-18(26)7-8-19(24)27/h2-6,11-12H,7-10H2,1H3. The minimum atomic E-state index is -0.557. The van der Waals surface area contributed by atoms with Crippen molar-refractivity contribution in [3.63, 3.8) is 0 Å². The van der Waals surface area contributed by atoms with Gasteiger partial charge in [-0.15, -0.1) is 0 Å². The van der Waals surface area contributed by atoms with Gasteiger partial charge in [-0.1, -0.05) is 17.4 Å². The normalized spacial score (nSPS) is 14.5. The van der Waals surface area contributed by atoms with Crippen molar-refractivity contribution in [2.75, 3.05) is 18.6 Å². The lowest BCUT2D eigenvalue weighted by atomic mass is 10.2. The Morgan fingerprint density at radius 2 is 1.94 bits per heavy atom. The summed E-state index contributed by atoms with van der Waals surface area (Å²) in [5, 5.41) is 11.1. The number of anilines is 1. The molecule has 1 aliphatic heterocycles. The van der Waals surface area contributed by atoms with E-state index in [2.05, 4.69) is 4.99 Å². The van der Waals surface area contributed by atoms with E-state index >= 15 is 0 Å². The molecule has 1 aliphatic rings. The molecule has 4 rings (SSSR count). The first-order valence-electron chi connectivity index (χ1n) is 9.70. The molecule has 164 valence electrons. The summed E-state index contributed by atoms with van der Waals surface area (Å²) >= 11 is 1.16. The molecule has 3 aromatic rings. The topological polar surface area (TPSA) is 124 Å². The molecule has 0 unspecified atom stereocenters. The molecular formula is C21H18N4O6S. The molecule has 11 heteroatoms. The fourth-order valence-corrected chi connectivity index (χ4v) is 4.54. The van der Waals surface area contributed by atoms with Gasteiger partial charge in [0.2, 0.25) is 11.8 Å². The fraction of sp³-hybridized carbons (Fsp3) is 0.238. The summed E-state index contributed by atoms with van der Waals surface area (Å²) in [6.45, 7) is 0.760. The van der Waals surface area contributed by atoms with E-state index in [1.165, 1.54) is 18.2 Å². The van der Waals surface area contributed by atoms with Crippen LogP contribution >= 0.6 is 11.3 Å². The Hall–Kier alpha value is -3.70. The van der Waals surface area contributed by atoms with Crippen LogP contribution in [0.4, 0.5) is 11.4 Å². The Labute approximate surface area is 185 Å². The fourth-order valence-electron chi connectivity index (χ4n) is 3.45. The number of aromatic nitrogens is 1. The smallest absolute Gasteiger partial charge is 0.279 e. The number of rotatable bonds is 6. The maximum absolute atomic E-state index is 12.9. The van der Waals surface area contributed by atoms with Crippen LogP contribution < -0.4 is 9.70 Å². The van der Waals surface area contributed by atoms with E-state index in [1.807, 2.05) is 0 Å². The summed E-state index contributed by atoms with van der Waals surface area (Å²) in [4.78, 5) is 53.2. The Balaban J connectivity index is 1.76. The lowest BCUT2D eigenvalue weighted by molar-refractivity contribution is -0.384. The van der Waals surface area contributed by atoms with E-state index in [4.69, 9.17) is 4.74 Å². The predicted molar refractivity (Wildman–Crippen MR) is 116 cm³/mol. The van der Waals surface area contributed by atoms with Crippen molar-refractivity contribution in [3.05, 3.63) is 62.9 Å². The summed E-state index contributed by atoms with van der Waals surface area (Å²) in [6.07, 6.45) is 0.295. The van der Waals surface area contributed by atoms with Crippen LogP contribution in [0.2, 0.25) is 0 Å². The number of non-ortho nitro benzene ring substituents is 1. The van der Waals surface area contributed by atoms with Gasteiger partial charge in [-0.2, -0.15) is 4.99 Å². The van der Waals surface area contributed by atoms with Crippen LogP contribution in [0.5, 0.6) is 0 Å². The predicted octanol–water partition coefficient (Wildman–Crippen LogP) is 2.65. The Morgan fingerprint density at radius 1 is 1.19 bits per heavy atom. The maximum Gasteiger partial charge on any atom is 0.279 e. The molecule has 0 aliphatic carbocycles. The number of thiazole rings is 1. The zero-order chi connectivity index (χ0) is 22.8. The number of nitrogens with zero attached hydrogens (tertiary/aromatic N) is 4. The monoisotopic (exact) mass is 454 g/mol. The van der Waals surface area contributed by atoms with Crippen molar-refractivity contribution in [2.24, 2.45) is 4.99 Å². The highest BCUT2D eigenvalue weighted by Crippen LogP contribution is 2.25. The highest BCUT2D eigenvalue weighted by atomic mass is 32.1. The van der Waals surface area contributed by atoms with Crippen LogP contribution in [0.1, 0.15) is 23.2 Å². The minimum absolute atomic E-state index is 0.0526. The van der Waals surface area contributed by atoms with Gasteiger partial charge in [0.1, 0.15) is 0 Å². The van der Waals surface area contributed by atoms with E-state index in [-0.39, 0.29) is 35.9 Å². The maximum atomic E-state index is 12.9. The van der Waals surface area contributed by atoms with E-state index < -0.39 is 10.8 Å². The molecule has 0 spiro atoms. The number of carbonyl (C=O) groups is 3. The average molecular weight is 454 g/mol. The number of nitro groups is 1. The van der Waals surface area contributed by atoms with Gasteiger partial charge in [-0.3, -0.25) is 29.4 Å². The van der Waals surface area contributed by atoms with Crippen molar-refractivity contribution in [1.82, 2.24) is 4.57 Å². The molecule has 1 aromatic heterocycles. The number of fused-ring (bicyclic) bond motifs is 1. The lowest BCUT2D eigenvalue weighted by Crippen LogP contribution is -2.28. The third kappa shape index (κ3) is 4.07. The molecule has 0 atom stereocenters. The quantitative estimate of drug-likeness (QED) is 0.320. The number of ether oxygens (including phenoxy) is 1. The highest BCUT2D eigenvalue weighted by Gasteiger charge is 2.30. The first-order valence-corrected chi connectivity index (χ1v) is 10.5. The summed E-state index contributed by atoms with van der Waals surface area (Å²) in [6, 6.07) is 10.7. The van der Waals surface area contributed by atoms with Crippen LogP contribution in [0, 0.1) is 10.1 Å². The number of methoxy groups -OCH3 is 1. The van der Waals surface area contributed by atoms with Gasteiger partial charge in [0.25, 0.3) is 11.6 Å². The molecule has 10 nitrogen and oxygen atoms in total. The van der Waals surface area contributed by atoms with Gasteiger partial charge in [-0.25, -0.2) is 0 Å². The Bertz CT molecular complexity index is 1310. The largest absolute Gasteiger partial charge is 0.383 e. The third-order valence-electron chi connectivity index (χ3n) is 5.00. The van der Waals surface area contributed by atoms with Crippen LogP contribution in [-0.4, -0.2) is 40.9 Å². The van der Waals surface area contributed by atoms with E-state index in [0.29, 0.717) is 33.9 Å². The van der Waals surface area contributed by atoms with Gasteiger partial charge < -0.3 is 9.30 Å². The first kappa shape index (κ1) is 21.5. The molecule has 32 heavy (non-hydrogen) atoms. The van der Waals surface area contributed by atoms with Crippen molar-refractivity contribution < 1.29 is 24.0 Å². The Kier molecular flexibility index (Phi) is 5.93. The number of hydrogen-bond donors (Lipinski definition) is 0. The summed E-state index contributed by atoms with van der Waals surface area (Å²) < 4.78 is 7.52. The molecule has 1 saturated heterocycles. The van der Waals surface area contributed by atoms with Gasteiger partial charge in [0.15, 0.2) is 4.80 Å². The molecule has 2 heterocycles. The molecule has 3 amide bonds. The van der Waals surface area contributed by atoms with Crippen molar-refractivity contribution in [1.29, 1.82) is 0 Å². The summed E-state index contributed by atoms with van der Waals surface area (Å²) in [7, 11) is 1.55. The second-order valence-corrected chi connectivity index (χ2v) is 8.04. The number of carbonyl (C=O) groups excluding carboxylic acids is 3. The minimum Gasteiger partial charge on any atom is -0.383 e. The van der Waals surface area contributed by atoms with Crippen molar-refractivity contribution >= 4 is 50.6 Å². The number of amides is 3. The van der Waals surface area contributed by atoms with E-state index in [0.717, 1.165) is 16.2 Å². The van der Waals surface area contributed by atoms with Crippen LogP contribution in [0.3, 0.4) is 0 Å². The number of benzene rings is 2. The van der Waals surface area contributed by atoms with E-state index in [9.17, 15) is 24.5 Å². The number of hydrogen-bond acceptors (Lipinski definition) is 7. The van der Waals surface area contributed by atoms with Gasteiger partial charge in [0, 0.05) is 44.2 Å². The number of nitro benzene ring substituents is 1. The van der Waals surface area contributed by atoms with Crippen molar-refractivity contribution in [2.45, 2.75) is 19.4 Å². The van der Waals surface area contributed by atoms with Crippen LogP contribution in [0.25, 0.3) is 10.2 Å². The zero-order valence-corrected chi connectivity index (χ0v) is 17.8. The Morgan fingerprint density at radius 3 is 2.62 bits per heavy atom. The lowest BCUT2D eigenvalue weighted by Gasteiger charge is -2.14. The molecule has 1 fully saturated rings. The second kappa shape index (κ2) is 8.81. The molecule has 2 aromatic carbocycles. The second-order valence-electron chi connectivity index (χ2n) is 7.03. The summed E-state index contributed by atoms with van der Waals surface area (Å²) in [5.74, 6) is -1.17. The van der Waals surface area contributed by atoms with Crippen LogP contribution in [0.15, 0.2) is 47.5 Å². The zero-order valence-electron chi connectivity index (χ0n) is 17.0. The molecular weight excluding hydrogens is 436 g/mol. The van der Waals surface area contributed by atoms with Gasteiger partial charge in [0.05, 0.1) is 27.4 Å². The first-order chi connectivity index (χ1) is 15.4. The SMILES string of the molecule is COCCn1c(=NC(=O)c2cccc(N3C(=O)CCC3=O)c2)sc2cc([N+](=O)[O-])ccc21. The van der Waals surface area contributed by atoms with Crippen molar-refractivity contribution in [3.8, 4) is 0 Å². The molecule has 0 bridgehead atoms. The van der Waals surface area contributed by atoms with E-state index in [1.54, 1.807) is 35.9 Å². The van der Waals surface area contributed by atoms with Gasteiger partial charge in [-0.05, 0) is 24.3 Å². The molecule has 0 saturated carbocycles. The average Bonchev–Trinajstić information content (AvgIpc) is 3.30. The van der Waals surface area contributed by atoms with Crippen LogP contribution in [-0.2, 0) is 20.9 Å². The summed E-state index contributed by atoms with van der Waals surface area (Å²) in [5.41, 5.74) is 1.20. The highest BCUT2D eigenvalue weighted by molar-refractivity contribution is 7.16. The van der Waals surface area contributed by atoms with Gasteiger partial charge >= 0.3 is 0 Å². The molecule has 0 radical (unpaired) electrons. The third-order valence-corrected chi connectivity index (χ3v) is 6.04. The molecule has 0 N–H and O–H groups in total. The number of imide groups is 1.